The minimum absolute atomic E-state index is 0.118. The van der Waals surface area contributed by atoms with Crippen LogP contribution in [-0.2, 0) is 13.1 Å². The molecular weight excluding hydrogens is 240 g/mol. The predicted octanol–water partition coefficient (Wildman–Crippen LogP) is 1.82. The lowest BCUT2D eigenvalue weighted by Crippen LogP contribution is -2.36. The third-order valence-electron chi connectivity index (χ3n) is 2.66. The molecule has 0 atom stereocenters. The van der Waals surface area contributed by atoms with Crippen LogP contribution < -0.4 is 5.32 Å². The quantitative estimate of drug-likeness (QED) is 0.907. The number of carbonyl (C=O) groups excluding carboxylic acids is 1. The van der Waals surface area contributed by atoms with Crippen LogP contribution in [0.3, 0.4) is 0 Å². The summed E-state index contributed by atoms with van der Waals surface area (Å²) >= 11 is 0. The van der Waals surface area contributed by atoms with E-state index in [-0.39, 0.29) is 6.03 Å². The fraction of sp³-hybridized carbons (Fsp3) is 0.214. The molecule has 0 spiro atoms. The molecule has 19 heavy (non-hydrogen) atoms. The van der Waals surface area contributed by atoms with Crippen molar-refractivity contribution < 1.29 is 4.79 Å². The maximum Gasteiger partial charge on any atom is 0.317 e. The third-order valence-corrected chi connectivity index (χ3v) is 2.66. The highest BCUT2D eigenvalue weighted by molar-refractivity contribution is 5.73. The fourth-order valence-corrected chi connectivity index (χ4v) is 1.65. The summed E-state index contributed by atoms with van der Waals surface area (Å²) in [6, 6.07) is 7.46. The van der Waals surface area contributed by atoms with Gasteiger partial charge in [0.05, 0.1) is 0 Å². The van der Waals surface area contributed by atoms with Gasteiger partial charge in [-0.3, -0.25) is 9.97 Å². The summed E-state index contributed by atoms with van der Waals surface area (Å²) in [6.07, 6.45) is 6.91. The minimum atomic E-state index is -0.118. The molecule has 0 radical (unpaired) electrons. The van der Waals surface area contributed by atoms with Gasteiger partial charge in [-0.2, -0.15) is 0 Å². The average molecular weight is 256 g/mol. The molecule has 0 aliphatic carbocycles. The number of urea groups is 1. The first-order valence-electron chi connectivity index (χ1n) is 6.02. The molecule has 98 valence electrons. The Balaban J connectivity index is 1.83. The Morgan fingerprint density at radius 2 is 1.79 bits per heavy atom. The monoisotopic (exact) mass is 256 g/mol. The smallest absolute Gasteiger partial charge is 0.317 e. The Kier molecular flexibility index (Phi) is 4.44. The highest BCUT2D eigenvalue weighted by atomic mass is 16.2. The molecule has 0 saturated heterocycles. The number of amides is 2. The number of aromatic nitrogens is 2. The van der Waals surface area contributed by atoms with Crippen molar-refractivity contribution >= 4 is 6.03 Å². The van der Waals surface area contributed by atoms with Crippen molar-refractivity contribution in [1.82, 2.24) is 20.2 Å². The summed E-state index contributed by atoms with van der Waals surface area (Å²) in [5, 5.41) is 2.85. The van der Waals surface area contributed by atoms with Crippen LogP contribution in [-0.4, -0.2) is 27.9 Å². The molecule has 2 rings (SSSR count). The lowest BCUT2D eigenvalue weighted by atomic mass is 10.3. The van der Waals surface area contributed by atoms with E-state index in [9.17, 15) is 4.79 Å². The van der Waals surface area contributed by atoms with E-state index in [2.05, 4.69) is 15.3 Å². The van der Waals surface area contributed by atoms with Crippen molar-refractivity contribution in [2.75, 3.05) is 7.05 Å². The highest BCUT2D eigenvalue weighted by Crippen LogP contribution is 2.01. The molecule has 5 nitrogen and oxygen atoms in total. The van der Waals surface area contributed by atoms with Crippen LogP contribution in [0, 0.1) is 0 Å². The lowest BCUT2D eigenvalue weighted by molar-refractivity contribution is 0.206. The van der Waals surface area contributed by atoms with E-state index in [1.165, 1.54) is 0 Å². The number of carbonyl (C=O) groups is 1. The molecule has 5 heteroatoms. The van der Waals surface area contributed by atoms with E-state index in [1.807, 2.05) is 24.3 Å². The second-order valence-electron chi connectivity index (χ2n) is 4.24. The van der Waals surface area contributed by atoms with Crippen LogP contribution in [0.4, 0.5) is 4.79 Å². The molecular formula is C14H16N4O. The summed E-state index contributed by atoms with van der Waals surface area (Å²) < 4.78 is 0. The van der Waals surface area contributed by atoms with Crippen molar-refractivity contribution in [3.8, 4) is 0 Å². The molecule has 2 amide bonds. The zero-order chi connectivity index (χ0) is 13.5. The van der Waals surface area contributed by atoms with E-state index >= 15 is 0 Å². The van der Waals surface area contributed by atoms with Crippen LogP contribution in [0.5, 0.6) is 0 Å². The van der Waals surface area contributed by atoms with Crippen LogP contribution in [0.2, 0.25) is 0 Å². The van der Waals surface area contributed by atoms with E-state index in [1.54, 1.807) is 36.7 Å². The van der Waals surface area contributed by atoms with E-state index in [4.69, 9.17) is 0 Å². The van der Waals surface area contributed by atoms with Crippen LogP contribution in [0.1, 0.15) is 11.1 Å². The molecule has 0 aliphatic heterocycles. The number of pyridine rings is 2. The minimum Gasteiger partial charge on any atom is -0.334 e. The largest absolute Gasteiger partial charge is 0.334 e. The number of rotatable bonds is 4. The highest BCUT2D eigenvalue weighted by Gasteiger charge is 2.08. The zero-order valence-corrected chi connectivity index (χ0v) is 10.8. The second-order valence-corrected chi connectivity index (χ2v) is 4.24. The second kappa shape index (κ2) is 6.49. The van der Waals surface area contributed by atoms with Crippen molar-refractivity contribution in [1.29, 1.82) is 0 Å². The molecule has 2 heterocycles. The topological polar surface area (TPSA) is 58.1 Å². The Labute approximate surface area is 112 Å². The summed E-state index contributed by atoms with van der Waals surface area (Å²) in [6.45, 7) is 1.01. The molecule has 0 aliphatic rings. The van der Waals surface area contributed by atoms with Crippen LogP contribution in [0.25, 0.3) is 0 Å². The summed E-state index contributed by atoms with van der Waals surface area (Å²) in [4.78, 5) is 21.5. The number of hydrogen-bond donors (Lipinski definition) is 1. The van der Waals surface area contributed by atoms with Crippen molar-refractivity contribution in [2.24, 2.45) is 0 Å². The van der Waals surface area contributed by atoms with Gasteiger partial charge < -0.3 is 10.2 Å². The maximum absolute atomic E-state index is 11.9. The lowest BCUT2D eigenvalue weighted by Gasteiger charge is -2.17. The number of nitrogens with one attached hydrogen (secondary N) is 1. The molecule has 2 aromatic heterocycles. The average Bonchev–Trinajstić information content (AvgIpc) is 2.47. The zero-order valence-electron chi connectivity index (χ0n) is 10.8. The SMILES string of the molecule is CN(Cc1cccnc1)C(=O)NCc1cccnc1. The van der Waals surface area contributed by atoms with Crippen molar-refractivity contribution in [3.63, 3.8) is 0 Å². The number of hydrogen-bond acceptors (Lipinski definition) is 3. The fourth-order valence-electron chi connectivity index (χ4n) is 1.65. The first-order chi connectivity index (χ1) is 9.25. The Morgan fingerprint density at radius 3 is 2.37 bits per heavy atom. The standard InChI is InChI=1S/C14H16N4O/c1-18(11-13-5-3-7-16-9-13)14(19)17-10-12-4-2-6-15-8-12/h2-9H,10-11H2,1H3,(H,17,19). The Morgan fingerprint density at radius 1 is 1.16 bits per heavy atom. The first kappa shape index (κ1) is 13.0. The van der Waals surface area contributed by atoms with E-state index in [0.717, 1.165) is 11.1 Å². The first-order valence-corrected chi connectivity index (χ1v) is 6.02. The molecule has 1 N–H and O–H groups in total. The summed E-state index contributed by atoms with van der Waals surface area (Å²) in [5.41, 5.74) is 1.98. The van der Waals surface area contributed by atoms with Crippen LogP contribution >= 0.6 is 0 Å². The van der Waals surface area contributed by atoms with Crippen molar-refractivity contribution in [3.05, 3.63) is 60.2 Å². The van der Waals surface area contributed by atoms with Gasteiger partial charge in [0.15, 0.2) is 0 Å². The predicted molar refractivity (Wildman–Crippen MR) is 72.2 cm³/mol. The maximum atomic E-state index is 11.9. The van der Waals surface area contributed by atoms with Crippen LogP contribution in [0.15, 0.2) is 49.1 Å². The third kappa shape index (κ3) is 4.06. The molecule has 0 unspecified atom stereocenters. The Hall–Kier alpha value is -2.43. The van der Waals surface area contributed by atoms with Gasteiger partial charge in [0, 0.05) is 44.9 Å². The molecule has 0 fully saturated rings. The van der Waals surface area contributed by atoms with Crippen molar-refractivity contribution in [2.45, 2.75) is 13.1 Å². The van der Waals surface area contributed by atoms with Gasteiger partial charge in [0.25, 0.3) is 0 Å². The van der Waals surface area contributed by atoms with Gasteiger partial charge in [-0.15, -0.1) is 0 Å². The molecule has 0 saturated carbocycles. The normalized spacial score (nSPS) is 9.95. The van der Waals surface area contributed by atoms with E-state index in [0.29, 0.717) is 13.1 Å². The summed E-state index contributed by atoms with van der Waals surface area (Å²) in [5.74, 6) is 0. The number of nitrogens with zero attached hydrogens (tertiary/aromatic N) is 3. The molecule has 0 aromatic carbocycles. The Bertz CT molecular complexity index is 515. The molecule has 2 aromatic rings. The summed E-state index contributed by atoms with van der Waals surface area (Å²) in [7, 11) is 1.76. The van der Waals surface area contributed by atoms with Gasteiger partial charge in [-0.05, 0) is 23.3 Å². The van der Waals surface area contributed by atoms with Gasteiger partial charge in [-0.25, -0.2) is 4.79 Å². The molecule has 0 bridgehead atoms. The van der Waals surface area contributed by atoms with Gasteiger partial charge in [0.2, 0.25) is 0 Å². The van der Waals surface area contributed by atoms with E-state index < -0.39 is 0 Å². The van der Waals surface area contributed by atoms with Gasteiger partial charge in [-0.1, -0.05) is 12.1 Å². The van der Waals surface area contributed by atoms with Gasteiger partial charge in [0.1, 0.15) is 0 Å². The van der Waals surface area contributed by atoms with Gasteiger partial charge >= 0.3 is 6.03 Å².